The highest BCUT2D eigenvalue weighted by Crippen LogP contribution is 2.37. The Balaban J connectivity index is 1.84. The Bertz CT molecular complexity index is 1250. The molecule has 0 radical (unpaired) electrons. The summed E-state index contributed by atoms with van der Waals surface area (Å²) in [5, 5.41) is 9.81. The van der Waals surface area contributed by atoms with Gasteiger partial charge in [0.05, 0.1) is 11.1 Å². The fourth-order valence-corrected chi connectivity index (χ4v) is 3.66. The molecule has 152 valence electrons. The topological polar surface area (TPSA) is 55.1 Å². The lowest BCUT2D eigenvalue weighted by atomic mass is 9.99. The van der Waals surface area contributed by atoms with E-state index >= 15 is 0 Å². The molecule has 1 N–H and O–H groups in total. The molecule has 4 rings (SSSR count). The van der Waals surface area contributed by atoms with E-state index in [4.69, 9.17) is 16.7 Å². The molecule has 0 amide bonds. The van der Waals surface area contributed by atoms with Crippen molar-refractivity contribution in [1.29, 1.82) is 0 Å². The van der Waals surface area contributed by atoms with E-state index in [9.17, 15) is 18.0 Å². The van der Waals surface area contributed by atoms with E-state index < -0.39 is 17.7 Å². The van der Waals surface area contributed by atoms with E-state index in [0.29, 0.717) is 22.3 Å². The number of hydrogen-bond acceptors (Lipinski definition) is 2. The number of carboxylic acid groups (broad SMARTS) is 1. The molecule has 0 spiro atoms. The van der Waals surface area contributed by atoms with E-state index in [1.165, 1.54) is 24.3 Å². The molecule has 4 nitrogen and oxygen atoms in total. The molecule has 4 aromatic rings. The Morgan fingerprint density at radius 1 is 1.07 bits per heavy atom. The summed E-state index contributed by atoms with van der Waals surface area (Å²) in [7, 11) is 0. The van der Waals surface area contributed by atoms with Crippen molar-refractivity contribution in [2.45, 2.75) is 12.6 Å². The first-order chi connectivity index (χ1) is 14.3. The fourth-order valence-electron chi connectivity index (χ4n) is 3.42. The second kappa shape index (κ2) is 7.50. The van der Waals surface area contributed by atoms with Crippen molar-refractivity contribution in [1.82, 2.24) is 9.55 Å². The van der Waals surface area contributed by atoms with Crippen molar-refractivity contribution in [3.8, 4) is 5.69 Å². The zero-order valence-corrected chi connectivity index (χ0v) is 16.1. The maximum absolute atomic E-state index is 13.5. The van der Waals surface area contributed by atoms with Crippen LogP contribution in [0.4, 0.5) is 13.2 Å². The smallest absolute Gasteiger partial charge is 0.416 e. The molecule has 0 saturated carbocycles. The van der Waals surface area contributed by atoms with Gasteiger partial charge in [-0.15, -0.1) is 0 Å². The van der Waals surface area contributed by atoms with Gasteiger partial charge in [0.1, 0.15) is 5.65 Å². The standard InChI is InChI=1S/C22H14ClF3N2O2/c23-19-5-1-4-18(22(24,25)26)17(19)11-14-12-28(20-16(14)3-2-10-27-20)15-8-6-13(7-9-15)21(29)30/h1-10,12H,11H2,(H,29,30). The molecule has 0 unspecified atom stereocenters. The number of alkyl halides is 3. The molecular weight excluding hydrogens is 417 g/mol. The fraction of sp³-hybridized carbons (Fsp3) is 0.0909. The molecule has 30 heavy (non-hydrogen) atoms. The van der Waals surface area contributed by atoms with Crippen LogP contribution in [0.1, 0.15) is 27.0 Å². The van der Waals surface area contributed by atoms with Crippen molar-refractivity contribution in [3.63, 3.8) is 0 Å². The summed E-state index contributed by atoms with van der Waals surface area (Å²) in [6, 6.07) is 13.4. The Kier molecular flexibility index (Phi) is 4.99. The molecule has 0 aliphatic heterocycles. The van der Waals surface area contributed by atoms with Crippen LogP contribution in [0.3, 0.4) is 0 Å². The maximum Gasteiger partial charge on any atom is 0.416 e. The molecular formula is C22H14ClF3N2O2. The maximum atomic E-state index is 13.5. The van der Waals surface area contributed by atoms with Gasteiger partial charge in [-0.1, -0.05) is 17.7 Å². The third-order valence-electron chi connectivity index (χ3n) is 4.83. The predicted molar refractivity (Wildman–Crippen MR) is 107 cm³/mol. The minimum Gasteiger partial charge on any atom is -0.478 e. The average Bonchev–Trinajstić information content (AvgIpc) is 3.07. The zero-order chi connectivity index (χ0) is 21.5. The summed E-state index contributed by atoms with van der Waals surface area (Å²) in [4.78, 5) is 15.5. The molecule has 0 atom stereocenters. The third kappa shape index (κ3) is 3.64. The van der Waals surface area contributed by atoms with Crippen LogP contribution in [0.2, 0.25) is 5.02 Å². The van der Waals surface area contributed by atoms with Gasteiger partial charge in [0, 0.05) is 34.9 Å². The van der Waals surface area contributed by atoms with Gasteiger partial charge in [0.2, 0.25) is 0 Å². The number of fused-ring (bicyclic) bond motifs is 1. The SMILES string of the molecule is O=C(O)c1ccc(-n2cc(Cc3c(Cl)cccc3C(F)(F)F)c3cccnc32)cc1. The number of aromatic nitrogens is 2. The molecule has 8 heteroatoms. The average molecular weight is 431 g/mol. The Morgan fingerprint density at radius 3 is 2.47 bits per heavy atom. The van der Waals surface area contributed by atoms with E-state index in [-0.39, 0.29) is 22.6 Å². The van der Waals surface area contributed by atoms with Crippen LogP contribution in [0, 0.1) is 0 Å². The Morgan fingerprint density at radius 2 is 1.80 bits per heavy atom. The summed E-state index contributed by atoms with van der Waals surface area (Å²) in [6.45, 7) is 0. The largest absolute Gasteiger partial charge is 0.478 e. The molecule has 0 aliphatic rings. The van der Waals surface area contributed by atoms with Crippen LogP contribution in [-0.2, 0) is 12.6 Å². The van der Waals surface area contributed by atoms with E-state index in [2.05, 4.69) is 4.98 Å². The summed E-state index contributed by atoms with van der Waals surface area (Å²) >= 11 is 6.13. The number of halogens is 4. The minimum absolute atomic E-state index is 0.00389. The number of hydrogen-bond donors (Lipinski definition) is 1. The summed E-state index contributed by atoms with van der Waals surface area (Å²) in [6.07, 6.45) is -1.26. The van der Waals surface area contributed by atoms with Gasteiger partial charge in [-0.2, -0.15) is 13.2 Å². The molecule has 0 saturated heterocycles. The van der Waals surface area contributed by atoms with Gasteiger partial charge in [0.15, 0.2) is 0 Å². The van der Waals surface area contributed by atoms with Gasteiger partial charge >= 0.3 is 12.1 Å². The number of nitrogens with zero attached hydrogens (tertiary/aromatic N) is 2. The highest BCUT2D eigenvalue weighted by molar-refractivity contribution is 6.31. The van der Waals surface area contributed by atoms with Crippen molar-refractivity contribution in [3.05, 3.63) is 94.3 Å². The lowest BCUT2D eigenvalue weighted by Gasteiger charge is -2.14. The molecule has 2 aromatic carbocycles. The highest BCUT2D eigenvalue weighted by atomic mass is 35.5. The van der Waals surface area contributed by atoms with E-state index in [1.54, 1.807) is 41.2 Å². The minimum atomic E-state index is -4.52. The normalized spacial score (nSPS) is 11.7. The van der Waals surface area contributed by atoms with Crippen molar-refractivity contribution in [2.24, 2.45) is 0 Å². The number of aromatic carboxylic acids is 1. The van der Waals surface area contributed by atoms with Gasteiger partial charge in [0.25, 0.3) is 0 Å². The number of carboxylic acids is 1. The molecule has 0 aliphatic carbocycles. The lowest BCUT2D eigenvalue weighted by molar-refractivity contribution is -0.138. The second-order valence-corrected chi connectivity index (χ2v) is 7.10. The molecule has 0 fully saturated rings. The van der Waals surface area contributed by atoms with Gasteiger partial charge in [-0.05, 0) is 59.7 Å². The van der Waals surface area contributed by atoms with Crippen LogP contribution in [0.5, 0.6) is 0 Å². The Labute approximate surface area is 174 Å². The van der Waals surface area contributed by atoms with Crippen molar-refractivity contribution >= 4 is 28.6 Å². The second-order valence-electron chi connectivity index (χ2n) is 6.69. The van der Waals surface area contributed by atoms with Crippen LogP contribution in [0.25, 0.3) is 16.7 Å². The quantitative estimate of drug-likeness (QED) is 0.433. The van der Waals surface area contributed by atoms with Crippen molar-refractivity contribution in [2.75, 3.05) is 0 Å². The van der Waals surface area contributed by atoms with E-state index in [0.717, 1.165) is 6.07 Å². The number of carbonyl (C=O) groups is 1. The first-order valence-electron chi connectivity index (χ1n) is 8.89. The van der Waals surface area contributed by atoms with Crippen LogP contribution in [0.15, 0.2) is 67.0 Å². The first-order valence-corrected chi connectivity index (χ1v) is 9.27. The highest BCUT2D eigenvalue weighted by Gasteiger charge is 2.34. The number of rotatable bonds is 4. The molecule has 0 bridgehead atoms. The third-order valence-corrected chi connectivity index (χ3v) is 5.18. The van der Waals surface area contributed by atoms with Gasteiger partial charge in [-0.25, -0.2) is 9.78 Å². The van der Waals surface area contributed by atoms with Gasteiger partial charge < -0.3 is 9.67 Å². The number of benzene rings is 2. The number of pyridine rings is 1. The molecule has 2 aromatic heterocycles. The van der Waals surface area contributed by atoms with Crippen LogP contribution in [-0.4, -0.2) is 20.6 Å². The van der Waals surface area contributed by atoms with E-state index in [1.807, 2.05) is 0 Å². The zero-order valence-electron chi connectivity index (χ0n) is 15.3. The Hall–Kier alpha value is -3.32. The summed E-state index contributed by atoms with van der Waals surface area (Å²) in [5.74, 6) is -1.05. The van der Waals surface area contributed by atoms with Crippen LogP contribution >= 0.6 is 11.6 Å². The summed E-state index contributed by atoms with van der Waals surface area (Å²) in [5.41, 5.74) is 1.18. The molecule has 2 heterocycles. The first kappa shape index (κ1) is 20.0. The lowest BCUT2D eigenvalue weighted by Crippen LogP contribution is -2.10. The van der Waals surface area contributed by atoms with Crippen molar-refractivity contribution < 1.29 is 23.1 Å². The van der Waals surface area contributed by atoms with Crippen LogP contribution < -0.4 is 0 Å². The predicted octanol–water partition coefficient (Wildman–Crippen LogP) is 5.99. The monoisotopic (exact) mass is 430 g/mol. The summed E-state index contributed by atoms with van der Waals surface area (Å²) < 4.78 is 42.2. The van der Waals surface area contributed by atoms with Gasteiger partial charge in [-0.3, -0.25) is 0 Å².